The summed E-state index contributed by atoms with van der Waals surface area (Å²) in [7, 11) is -4.28. The van der Waals surface area contributed by atoms with E-state index in [1.807, 2.05) is 6.92 Å². The molecule has 0 spiro atoms. The first-order valence-electron chi connectivity index (χ1n) is 9.58. The zero-order valence-corrected chi connectivity index (χ0v) is 17.8. The smallest absolute Gasteiger partial charge is 0.407 e. The Morgan fingerprint density at radius 3 is 2.68 bits per heavy atom. The Hall–Kier alpha value is -1.64. The van der Waals surface area contributed by atoms with Crippen LogP contribution >= 0.6 is 0 Å². The van der Waals surface area contributed by atoms with Gasteiger partial charge in [0.25, 0.3) is 10.1 Å². The number of hydrogen-bond donors (Lipinski definition) is 2. The summed E-state index contributed by atoms with van der Waals surface area (Å²) < 4.78 is 43.2. The maximum absolute atomic E-state index is 12.3. The molecule has 2 N–H and O–H groups in total. The van der Waals surface area contributed by atoms with Gasteiger partial charge in [-0.25, -0.2) is 4.79 Å². The minimum absolute atomic E-state index is 0.148. The average Bonchev–Trinajstić information content (AvgIpc) is 2.55. The van der Waals surface area contributed by atoms with Crippen molar-refractivity contribution in [2.45, 2.75) is 69.9 Å². The van der Waals surface area contributed by atoms with Crippen molar-refractivity contribution in [3.05, 3.63) is 29.3 Å². The minimum atomic E-state index is -4.28. The van der Waals surface area contributed by atoms with Crippen LogP contribution in [0.5, 0.6) is 0 Å². The first-order valence-corrected chi connectivity index (χ1v) is 11.0. The van der Waals surface area contributed by atoms with Crippen LogP contribution in [0.25, 0.3) is 0 Å². The number of benzene rings is 1. The van der Waals surface area contributed by atoms with E-state index in [1.54, 1.807) is 26.8 Å². The maximum Gasteiger partial charge on any atom is 0.407 e. The molecule has 0 saturated carbocycles. The molecular formula is C20H31NO6S. The van der Waals surface area contributed by atoms with Crippen molar-refractivity contribution in [1.82, 2.24) is 5.32 Å². The van der Waals surface area contributed by atoms with E-state index in [0.29, 0.717) is 25.4 Å². The second kappa shape index (κ2) is 9.24. The second-order valence-electron chi connectivity index (χ2n) is 8.43. The molecule has 2 rings (SSSR count). The van der Waals surface area contributed by atoms with Gasteiger partial charge in [-0.2, -0.15) is 8.42 Å². The van der Waals surface area contributed by atoms with Gasteiger partial charge in [0.1, 0.15) is 5.60 Å². The van der Waals surface area contributed by atoms with E-state index in [1.165, 1.54) is 12.1 Å². The highest BCUT2D eigenvalue weighted by atomic mass is 32.2. The fourth-order valence-corrected chi connectivity index (χ4v) is 3.89. The summed E-state index contributed by atoms with van der Waals surface area (Å²) in [4.78, 5) is 12.2. The third-order valence-electron chi connectivity index (χ3n) is 4.68. The summed E-state index contributed by atoms with van der Waals surface area (Å²) in [6.07, 6.45) is 2.65. The number of nitrogens with one attached hydrogen (secondary N) is 1. The van der Waals surface area contributed by atoms with Gasteiger partial charge >= 0.3 is 6.09 Å². The van der Waals surface area contributed by atoms with Gasteiger partial charge in [-0.15, -0.1) is 0 Å². The first kappa shape index (κ1) is 22.6. The Balaban J connectivity index is 2.19. The molecule has 0 aromatic heterocycles. The highest BCUT2D eigenvalue weighted by Gasteiger charge is 2.25. The fraction of sp³-hybridized carbons (Fsp3) is 0.650. The van der Waals surface area contributed by atoms with Gasteiger partial charge in [0.15, 0.2) is 0 Å². The van der Waals surface area contributed by atoms with Gasteiger partial charge in [-0.3, -0.25) is 4.55 Å². The lowest BCUT2D eigenvalue weighted by atomic mass is 9.90. The van der Waals surface area contributed by atoms with Crippen LogP contribution in [0.4, 0.5) is 4.79 Å². The predicted molar refractivity (Wildman–Crippen MR) is 106 cm³/mol. The van der Waals surface area contributed by atoms with Crippen molar-refractivity contribution in [3.63, 3.8) is 0 Å². The van der Waals surface area contributed by atoms with Crippen molar-refractivity contribution >= 4 is 16.2 Å². The summed E-state index contributed by atoms with van der Waals surface area (Å²) >= 11 is 0. The Morgan fingerprint density at radius 2 is 2.11 bits per heavy atom. The van der Waals surface area contributed by atoms with E-state index in [-0.39, 0.29) is 10.9 Å². The molecule has 1 heterocycles. The van der Waals surface area contributed by atoms with Gasteiger partial charge in [0.2, 0.25) is 0 Å². The number of rotatable bonds is 6. The molecule has 1 aromatic rings. The molecule has 158 valence electrons. The van der Waals surface area contributed by atoms with Crippen molar-refractivity contribution in [1.29, 1.82) is 0 Å². The molecule has 0 aliphatic carbocycles. The van der Waals surface area contributed by atoms with E-state index >= 15 is 0 Å². The van der Waals surface area contributed by atoms with Crippen LogP contribution in [0.3, 0.4) is 0 Å². The summed E-state index contributed by atoms with van der Waals surface area (Å²) in [5.74, 6) is 0.318. The average molecular weight is 414 g/mol. The summed E-state index contributed by atoms with van der Waals surface area (Å²) in [6, 6.07) is 4.26. The largest absolute Gasteiger partial charge is 0.444 e. The van der Waals surface area contributed by atoms with Crippen LogP contribution in [-0.2, 0) is 26.0 Å². The molecule has 1 fully saturated rings. The van der Waals surface area contributed by atoms with Crippen molar-refractivity contribution in [2.24, 2.45) is 5.92 Å². The molecule has 8 heteroatoms. The predicted octanol–water partition coefficient (Wildman–Crippen LogP) is 3.49. The van der Waals surface area contributed by atoms with Gasteiger partial charge in [0, 0.05) is 19.3 Å². The van der Waals surface area contributed by atoms with Crippen LogP contribution in [0, 0.1) is 12.8 Å². The first-order chi connectivity index (χ1) is 12.9. The van der Waals surface area contributed by atoms with Crippen molar-refractivity contribution < 1.29 is 27.2 Å². The van der Waals surface area contributed by atoms with E-state index < -0.39 is 21.8 Å². The van der Waals surface area contributed by atoms with Gasteiger partial charge in [-0.05, 0) is 82.6 Å². The van der Waals surface area contributed by atoms with Gasteiger partial charge < -0.3 is 14.8 Å². The number of carbonyl (C=O) groups is 1. The lowest BCUT2D eigenvalue weighted by Crippen LogP contribution is -2.42. The monoisotopic (exact) mass is 413 g/mol. The van der Waals surface area contributed by atoms with Gasteiger partial charge in [-0.1, -0.05) is 6.07 Å². The van der Waals surface area contributed by atoms with E-state index in [9.17, 15) is 17.8 Å². The highest BCUT2D eigenvalue weighted by Crippen LogP contribution is 2.23. The maximum atomic E-state index is 12.3. The van der Waals surface area contributed by atoms with E-state index in [2.05, 4.69) is 5.32 Å². The van der Waals surface area contributed by atoms with Crippen LogP contribution in [0.15, 0.2) is 23.1 Å². The highest BCUT2D eigenvalue weighted by molar-refractivity contribution is 7.85. The minimum Gasteiger partial charge on any atom is -0.444 e. The zero-order chi connectivity index (χ0) is 20.9. The number of amides is 1. The molecule has 0 bridgehead atoms. The van der Waals surface area contributed by atoms with Crippen LogP contribution < -0.4 is 5.32 Å². The molecule has 1 aliphatic rings. The van der Waals surface area contributed by atoms with Crippen molar-refractivity contribution in [2.75, 3.05) is 13.2 Å². The molecule has 28 heavy (non-hydrogen) atoms. The van der Waals surface area contributed by atoms with E-state index in [4.69, 9.17) is 9.47 Å². The number of aryl methyl sites for hydroxylation is 1. The van der Waals surface area contributed by atoms with Crippen LogP contribution in [0.2, 0.25) is 0 Å². The third-order valence-corrected chi connectivity index (χ3v) is 5.53. The zero-order valence-electron chi connectivity index (χ0n) is 17.0. The SMILES string of the molecule is Cc1ccc(S(=O)(=O)O)cc1CC(C[C@H]1CCCOC1)NC(=O)OC(C)(C)C. The van der Waals surface area contributed by atoms with Crippen LogP contribution in [-0.4, -0.2) is 43.9 Å². The third kappa shape index (κ3) is 7.41. The lowest BCUT2D eigenvalue weighted by molar-refractivity contribution is 0.0388. The Labute approximate surface area is 167 Å². The molecule has 1 aliphatic heterocycles. The van der Waals surface area contributed by atoms with Gasteiger partial charge in [0.05, 0.1) is 4.90 Å². The molecule has 1 aromatic carbocycles. The number of carbonyl (C=O) groups excluding carboxylic acids is 1. The molecule has 1 amide bonds. The molecule has 1 unspecified atom stereocenters. The lowest BCUT2D eigenvalue weighted by Gasteiger charge is -2.29. The second-order valence-corrected chi connectivity index (χ2v) is 9.85. The fourth-order valence-electron chi connectivity index (χ4n) is 3.36. The molecular weight excluding hydrogens is 382 g/mol. The summed E-state index contributed by atoms with van der Waals surface area (Å²) in [5, 5.41) is 2.93. The summed E-state index contributed by atoms with van der Waals surface area (Å²) in [6.45, 7) is 8.69. The Bertz CT molecular complexity index is 778. The Kier molecular flexibility index (Phi) is 7.47. The number of ether oxygens (including phenoxy) is 2. The summed E-state index contributed by atoms with van der Waals surface area (Å²) in [5.41, 5.74) is 1.04. The normalized spacial score (nSPS) is 19.1. The van der Waals surface area contributed by atoms with Crippen LogP contribution in [0.1, 0.15) is 51.2 Å². The number of alkyl carbamates (subject to hydrolysis) is 1. The topological polar surface area (TPSA) is 102 Å². The van der Waals surface area contributed by atoms with E-state index in [0.717, 1.165) is 30.6 Å². The number of hydrogen-bond acceptors (Lipinski definition) is 5. The molecule has 2 atom stereocenters. The molecule has 1 saturated heterocycles. The molecule has 0 radical (unpaired) electrons. The quantitative estimate of drug-likeness (QED) is 0.692. The van der Waals surface area contributed by atoms with Crippen molar-refractivity contribution in [3.8, 4) is 0 Å². The Morgan fingerprint density at radius 1 is 1.39 bits per heavy atom. The molecule has 7 nitrogen and oxygen atoms in total. The standard InChI is InChI=1S/C20H31NO6S/c1-14-7-8-18(28(23,24)25)12-16(14)11-17(10-15-6-5-9-26-13-15)21-19(22)27-20(2,3)4/h7-8,12,15,17H,5-6,9-11,13H2,1-4H3,(H,21,22)(H,23,24,25)/t15-,17?/m1/s1.